The highest BCUT2D eigenvalue weighted by Gasteiger charge is 2.27. The Morgan fingerprint density at radius 2 is 1.76 bits per heavy atom. The van der Waals surface area contributed by atoms with Crippen molar-refractivity contribution in [3.63, 3.8) is 0 Å². The number of halogens is 2. The summed E-state index contributed by atoms with van der Waals surface area (Å²) in [5.74, 6) is -0.107. The molecule has 0 saturated carbocycles. The van der Waals surface area contributed by atoms with Crippen LogP contribution >= 0.6 is 15.9 Å². The Kier molecular flexibility index (Phi) is 7.22. The van der Waals surface area contributed by atoms with E-state index in [0.29, 0.717) is 31.9 Å². The van der Waals surface area contributed by atoms with Gasteiger partial charge in [0.05, 0.1) is 11.7 Å². The SMILES string of the molecule is CC(C(=O)Nc1ccccc1Br)N1CCN(C(=O)COc2ccc(F)cc2)CC1. The number of para-hydroxylation sites is 1. The van der Waals surface area contributed by atoms with Gasteiger partial charge in [-0.1, -0.05) is 12.1 Å². The fourth-order valence-electron chi connectivity index (χ4n) is 3.09. The number of ether oxygens (including phenoxy) is 1. The first kappa shape index (κ1) is 21.3. The Morgan fingerprint density at radius 3 is 2.41 bits per heavy atom. The standard InChI is InChI=1S/C21H23BrFN3O3/c1-15(21(28)24-19-5-3-2-4-18(19)22)25-10-12-26(13-11-25)20(27)14-29-17-8-6-16(23)7-9-17/h2-9,15H,10-14H2,1H3,(H,24,28). The fraction of sp³-hybridized carbons (Fsp3) is 0.333. The molecule has 3 rings (SSSR count). The van der Waals surface area contributed by atoms with Gasteiger partial charge in [0.15, 0.2) is 6.61 Å². The van der Waals surface area contributed by atoms with Crippen molar-refractivity contribution in [1.82, 2.24) is 9.80 Å². The van der Waals surface area contributed by atoms with Crippen LogP contribution in [0.3, 0.4) is 0 Å². The lowest BCUT2D eigenvalue weighted by molar-refractivity contribution is -0.135. The predicted molar refractivity (Wildman–Crippen MR) is 112 cm³/mol. The van der Waals surface area contributed by atoms with Crippen molar-refractivity contribution in [3.05, 3.63) is 58.8 Å². The summed E-state index contributed by atoms with van der Waals surface area (Å²) in [7, 11) is 0. The lowest BCUT2D eigenvalue weighted by Gasteiger charge is -2.37. The molecule has 1 atom stereocenters. The molecule has 0 aliphatic carbocycles. The zero-order valence-electron chi connectivity index (χ0n) is 16.1. The van der Waals surface area contributed by atoms with Gasteiger partial charge < -0.3 is 15.0 Å². The largest absolute Gasteiger partial charge is 0.484 e. The molecule has 29 heavy (non-hydrogen) atoms. The first-order valence-corrected chi connectivity index (χ1v) is 10.2. The number of benzene rings is 2. The van der Waals surface area contributed by atoms with E-state index in [1.807, 2.05) is 31.2 Å². The summed E-state index contributed by atoms with van der Waals surface area (Å²) in [6.45, 7) is 4.03. The van der Waals surface area contributed by atoms with Crippen LogP contribution in [0.5, 0.6) is 5.75 Å². The molecular weight excluding hydrogens is 441 g/mol. The maximum absolute atomic E-state index is 12.9. The third-order valence-corrected chi connectivity index (χ3v) is 5.59. The van der Waals surface area contributed by atoms with Crippen LogP contribution in [0.1, 0.15) is 6.92 Å². The van der Waals surface area contributed by atoms with Crippen molar-refractivity contribution in [3.8, 4) is 5.75 Å². The van der Waals surface area contributed by atoms with Crippen LogP contribution < -0.4 is 10.1 Å². The maximum Gasteiger partial charge on any atom is 0.260 e. The van der Waals surface area contributed by atoms with Gasteiger partial charge in [-0.3, -0.25) is 14.5 Å². The molecule has 6 nitrogen and oxygen atoms in total. The molecule has 2 aromatic carbocycles. The number of amides is 2. The molecule has 0 bridgehead atoms. The minimum atomic E-state index is -0.349. The molecule has 0 aromatic heterocycles. The maximum atomic E-state index is 12.9. The van der Waals surface area contributed by atoms with Gasteiger partial charge in [0.25, 0.3) is 5.91 Å². The van der Waals surface area contributed by atoms with E-state index in [1.165, 1.54) is 24.3 Å². The van der Waals surface area contributed by atoms with Crippen molar-refractivity contribution >= 4 is 33.4 Å². The second-order valence-electron chi connectivity index (χ2n) is 6.80. The number of carbonyl (C=O) groups excluding carboxylic acids is 2. The molecule has 1 unspecified atom stereocenters. The van der Waals surface area contributed by atoms with E-state index in [0.717, 1.165) is 10.2 Å². The Labute approximate surface area is 177 Å². The van der Waals surface area contributed by atoms with E-state index in [9.17, 15) is 14.0 Å². The number of piperazine rings is 1. The second-order valence-corrected chi connectivity index (χ2v) is 7.66. The molecule has 1 aliphatic rings. The Bertz CT molecular complexity index is 855. The molecular formula is C21H23BrFN3O3. The van der Waals surface area contributed by atoms with Gasteiger partial charge in [0.2, 0.25) is 5.91 Å². The van der Waals surface area contributed by atoms with Crippen LogP contribution in [0.25, 0.3) is 0 Å². The molecule has 1 aliphatic heterocycles. The van der Waals surface area contributed by atoms with Crippen LogP contribution in [-0.4, -0.2) is 60.4 Å². The summed E-state index contributed by atoms with van der Waals surface area (Å²) in [6, 6.07) is 12.7. The van der Waals surface area contributed by atoms with Crippen LogP contribution in [0.2, 0.25) is 0 Å². The van der Waals surface area contributed by atoms with Crippen molar-refractivity contribution < 1.29 is 18.7 Å². The van der Waals surface area contributed by atoms with E-state index in [1.54, 1.807) is 4.90 Å². The molecule has 1 saturated heterocycles. The summed E-state index contributed by atoms with van der Waals surface area (Å²) in [4.78, 5) is 28.7. The number of hydrogen-bond acceptors (Lipinski definition) is 4. The first-order valence-electron chi connectivity index (χ1n) is 9.39. The van der Waals surface area contributed by atoms with Crippen molar-refractivity contribution in [2.24, 2.45) is 0 Å². The van der Waals surface area contributed by atoms with Gasteiger partial charge in [-0.05, 0) is 59.3 Å². The van der Waals surface area contributed by atoms with Gasteiger partial charge >= 0.3 is 0 Å². The lowest BCUT2D eigenvalue weighted by atomic mass is 10.2. The molecule has 8 heteroatoms. The smallest absolute Gasteiger partial charge is 0.260 e. The third kappa shape index (κ3) is 5.77. The van der Waals surface area contributed by atoms with E-state index < -0.39 is 0 Å². The van der Waals surface area contributed by atoms with Crippen LogP contribution in [0.4, 0.5) is 10.1 Å². The molecule has 2 amide bonds. The molecule has 2 aromatic rings. The molecule has 1 fully saturated rings. The minimum absolute atomic E-state index is 0.0867. The number of carbonyl (C=O) groups is 2. The highest BCUT2D eigenvalue weighted by Crippen LogP contribution is 2.22. The molecule has 0 radical (unpaired) electrons. The average molecular weight is 464 g/mol. The molecule has 1 N–H and O–H groups in total. The number of nitrogens with zero attached hydrogens (tertiary/aromatic N) is 2. The summed E-state index contributed by atoms with van der Waals surface area (Å²) in [5.41, 5.74) is 0.733. The zero-order valence-corrected chi connectivity index (χ0v) is 17.7. The lowest BCUT2D eigenvalue weighted by Crippen LogP contribution is -2.54. The monoisotopic (exact) mass is 463 g/mol. The van der Waals surface area contributed by atoms with Gasteiger partial charge in [0, 0.05) is 30.7 Å². The number of nitrogens with one attached hydrogen (secondary N) is 1. The average Bonchev–Trinajstić information content (AvgIpc) is 2.74. The van der Waals surface area contributed by atoms with E-state index in [-0.39, 0.29) is 30.3 Å². The topological polar surface area (TPSA) is 61.9 Å². The van der Waals surface area contributed by atoms with E-state index in [2.05, 4.69) is 26.1 Å². The van der Waals surface area contributed by atoms with E-state index in [4.69, 9.17) is 4.74 Å². The first-order chi connectivity index (χ1) is 13.9. The minimum Gasteiger partial charge on any atom is -0.484 e. The Balaban J connectivity index is 1.45. The summed E-state index contributed by atoms with van der Waals surface area (Å²) in [6.07, 6.45) is 0. The third-order valence-electron chi connectivity index (χ3n) is 4.90. The van der Waals surface area contributed by atoms with Crippen molar-refractivity contribution in [1.29, 1.82) is 0 Å². The Morgan fingerprint density at radius 1 is 1.10 bits per heavy atom. The highest BCUT2D eigenvalue weighted by molar-refractivity contribution is 9.10. The van der Waals surface area contributed by atoms with Crippen molar-refractivity contribution in [2.75, 3.05) is 38.1 Å². The fourth-order valence-corrected chi connectivity index (χ4v) is 3.48. The van der Waals surface area contributed by atoms with Crippen LogP contribution in [-0.2, 0) is 9.59 Å². The van der Waals surface area contributed by atoms with E-state index >= 15 is 0 Å². The zero-order chi connectivity index (χ0) is 20.8. The second kappa shape index (κ2) is 9.84. The summed E-state index contributed by atoms with van der Waals surface area (Å²) >= 11 is 3.43. The highest BCUT2D eigenvalue weighted by atomic mass is 79.9. The van der Waals surface area contributed by atoms with Crippen LogP contribution in [0, 0.1) is 5.82 Å². The molecule has 0 spiro atoms. The predicted octanol–water partition coefficient (Wildman–Crippen LogP) is 3.14. The van der Waals surface area contributed by atoms with Gasteiger partial charge in [0.1, 0.15) is 11.6 Å². The molecule has 154 valence electrons. The van der Waals surface area contributed by atoms with Gasteiger partial charge in [-0.25, -0.2) is 4.39 Å². The number of rotatable bonds is 6. The summed E-state index contributed by atoms with van der Waals surface area (Å²) in [5, 5.41) is 2.93. The quantitative estimate of drug-likeness (QED) is 0.714. The summed E-state index contributed by atoms with van der Waals surface area (Å²) < 4.78 is 19.2. The van der Waals surface area contributed by atoms with Gasteiger partial charge in [-0.15, -0.1) is 0 Å². The molecule has 1 heterocycles. The number of hydrogen-bond donors (Lipinski definition) is 1. The van der Waals surface area contributed by atoms with Crippen molar-refractivity contribution in [2.45, 2.75) is 13.0 Å². The number of anilines is 1. The van der Waals surface area contributed by atoms with Gasteiger partial charge in [-0.2, -0.15) is 0 Å². The van der Waals surface area contributed by atoms with Crippen LogP contribution in [0.15, 0.2) is 53.0 Å². The normalized spacial score (nSPS) is 15.6. The Hall–Kier alpha value is -2.45.